The van der Waals surface area contributed by atoms with Gasteiger partial charge in [-0.1, -0.05) is 54.1 Å². The SMILES string of the molecule is CC(C)N(Cc1cccc(Cl)c1)Cc1nccn1Cc1ccccc1. The maximum absolute atomic E-state index is 6.13. The van der Waals surface area contributed by atoms with E-state index in [1.807, 2.05) is 30.5 Å². The minimum Gasteiger partial charge on any atom is -0.329 e. The van der Waals surface area contributed by atoms with Gasteiger partial charge in [-0.3, -0.25) is 4.90 Å². The molecule has 0 aliphatic carbocycles. The van der Waals surface area contributed by atoms with Gasteiger partial charge in [-0.25, -0.2) is 4.98 Å². The van der Waals surface area contributed by atoms with Gasteiger partial charge in [0.05, 0.1) is 6.54 Å². The Morgan fingerprint density at radius 2 is 1.76 bits per heavy atom. The van der Waals surface area contributed by atoms with Crippen LogP contribution >= 0.6 is 11.6 Å². The Bertz CT molecular complexity index is 796. The van der Waals surface area contributed by atoms with E-state index in [4.69, 9.17) is 11.6 Å². The van der Waals surface area contributed by atoms with Gasteiger partial charge in [0.1, 0.15) is 5.82 Å². The molecule has 1 aromatic heterocycles. The lowest BCUT2D eigenvalue weighted by molar-refractivity contribution is 0.196. The van der Waals surface area contributed by atoms with Crippen molar-refractivity contribution in [1.82, 2.24) is 14.5 Å². The minimum absolute atomic E-state index is 0.417. The second kappa shape index (κ2) is 8.32. The van der Waals surface area contributed by atoms with Crippen LogP contribution in [-0.2, 0) is 19.6 Å². The molecule has 25 heavy (non-hydrogen) atoms. The fourth-order valence-corrected chi connectivity index (χ4v) is 3.10. The lowest BCUT2D eigenvalue weighted by Gasteiger charge is -2.26. The Morgan fingerprint density at radius 1 is 1.00 bits per heavy atom. The highest BCUT2D eigenvalue weighted by atomic mass is 35.5. The van der Waals surface area contributed by atoms with Crippen LogP contribution in [0.1, 0.15) is 30.8 Å². The first-order chi connectivity index (χ1) is 12.1. The zero-order valence-corrected chi connectivity index (χ0v) is 15.5. The number of hydrogen-bond acceptors (Lipinski definition) is 2. The highest BCUT2D eigenvalue weighted by molar-refractivity contribution is 6.30. The molecule has 1 heterocycles. The molecule has 0 fully saturated rings. The third kappa shape index (κ3) is 4.94. The molecule has 0 saturated carbocycles. The molecule has 3 aromatic rings. The van der Waals surface area contributed by atoms with Crippen molar-refractivity contribution in [2.24, 2.45) is 0 Å². The van der Waals surface area contributed by atoms with E-state index >= 15 is 0 Å². The number of imidazole rings is 1. The van der Waals surface area contributed by atoms with Crippen molar-refractivity contribution in [2.45, 2.75) is 39.5 Å². The molecule has 3 rings (SSSR count). The molecule has 0 radical (unpaired) electrons. The van der Waals surface area contributed by atoms with E-state index in [2.05, 4.69) is 64.8 Å². The van der Waals surface area contributed by atoms with Crippen LogP contribution in [0.2, 0.25) is 5.02 Å². The zero-order valence-electron chi connectivity index (χ0n) is 14.8. The van der Waals surface area contributed by atoms with Crippen LogP contribution in [-0.4, -0.2) is 20.5 Å². The summed E-state index contributed by atoms with van der Waals surface area (Å²) in [5.74, 6) is 1.08. The van der Waals surface area contributed by atoms with Gasteiger partial charge < -0.3 is 4.57 Å². The molecule has 0 bridgehead atoms. The summed E-state index contributed by atoms with van der Waals surface area (Å²) < 4.78 is 2.22. The summed E-state index contributed by atoms with van der Waals surface area (Å²) in [6, 6.07) is 19.0. The summed E-state index contributed by atoms with van der Waals surface area (Å²) in [4.78, 5) is 7.00. The lowest BCUT2D eigenvalue weighted by atomic mass is 10.2. The average molecular weight is 354 g/mol. The number of benzene rings is 2. The number of hydrogen-bond donors (Lipinski definition) is 0. The Kier molecular flexibility index (Phi) is 5.90. The van der Waals surface area contributed by atoms with Crippen molar-refractivity contribution in [3.8, 4) is 0 Å². The zero-order chi connectivity index (χ0) is 17.6. The third-order valence-corrected chi connectivity index (χ3v) is 4.58. The van der Waals surface area contributed by atoms with E-state index < -0.39 is 0 Å². The Morgan fingerprint density at radius 3 is 2.48 bits per heavy atom. The molecule has 2 aromatic carbocycles. The van der Waals surface area contributed by atoms with E-state index in [-0.39, 0.29) is 0 Å². The summed E-state index contributed by atoms with van der Waals surface area (Å²) in [5.41, 5.74) is 2.51. The molecule has 0 N–H and O–H groups in total. The van der Waals surface area contributed by atoms with Gasteiger partial charge >= 0.3 is 0 Å². The monoisotopic (exact) mass is 353 g/mol. The van der Waals surface area contributed by atoms with Gasteiger partial charge in [-0.15, -0.1) is 0 Å². The lowest BCUT2D eigenvalue weighted by Crippen LogP contribution is -2.31. The van der Waals surface area contributed by atoms with E-state index in [1.165, 1.54) is 11.1 Å². The summed E-state index contributed by atoms with van der Waals surface area (Å²) in [6.07, 6.45) is 3.94. The molecule has 0 atom stereocenters. The standard InChI is InChI=1S/C21H24ClN3/c1-17(2)25(15-19-9-6-10-20(22)13-19)16-21-23-11-12-24(21)14-18-7-4-3-5-8-18/h3-13,17H,14-16H2,1-2H3. The molecular formula is C21H24ClN3. The summed E-state index contributed by atoms with van der Waals surface area (Å²) >= 11 is 6.13. The highest BCUT2D eigenvalue weighted by Crippen LogP contribution is 2.16. The maximum atomic E-state index is 6.13. The second-order valence-corrected chi connectivity index (χ2v) is 7.02. The second-order valence-electron chi connectivity index (χ2n) is 6.59. The Labute approximate surface area is 154 Å². The van der Waals surface area contributed by atoms with Gasteiger partial charge in [0, 0.05) is 36.5 Å². The third-order valence-electron chi connectivity index (χ3n) is 4.35. The number of aromatic nitrogens is 2. The van der Waals surface area contributed by atoms with Gasteiger partial charge in [0.2, 0.25) is 0 Å². The van der Waals surface area contributed by atoms with Crippen molar-refractivity contribution in [1.29, 1.82) is 0 Å². The van der Waals surface area contributed by atoms with Gasteiger partial charge in [-0.05, 0) is 37.1 Å². The van der Waals surface area contributed by atoms with Crippen LogP contribution in [0.3, 0.4) is 0 Å². The van der Waals surface area contributed by atoms with Crippen molar-refractivity contribution >= 4 is 11.6 Å². The molecule has 3 nitrogen and oxygen atoms in total. The topological polar surface area (TPSA) is 21.1 Å². The van der Waals surface area contributed by atoms with E-state index in [0.717, 1.165) is 30.5 Å². The minimum atomic E-state index is 0.417. The van der Waals surface area contributed by atoms with Gasteiger partial charge in [0.25, 0.3) is 0 Å². The molecule has 0 saturated heterocycles. The molecule has 4 heteroatoms. The molecular weight excluding hydrogens is 330 g/mol. The number of halogens is 1. The normalized spacial score (nSPS) is 11.4. The average Bonchev–Trinajstić information content (AvgIpc) is 3.02. The largest absolute Gasteiger partial charge is 0.329 e. The predicted molar refractivity (Wildman–Crippen MR) is 104 cm³/mol. The van der Waals surface area contributed by atoms with E-state index in [0.29, 0.717) is 6.04 Å². The molecule has 0 aliphatic heterocycles. The molecule has 0 amide bonds. The van der Waals surface area contributed by atoms with Crippen LogP contribution in [0.5, 0.6) is 0 Å². The summed E-state index contributed by atoms with van der Waals surface area (Å²) in [7, 11) is 0. The maximum Gasteiger partial charge on any atom is 0.123 e. The van der Waals surface area contributed by atoms with Crippen molar-refractivity contribution in [3.05, 3.63) is 89.0 Å². The first-order valence-electron chi connectivity index (χ1n) is 8.64. The summed E-state index contributed by atoms with van der Waals surface area (Å²) in [6.45, 7) is 6.95. The molecule has 0 spiro atoms. The van der Waals surface area contributed by atoms with E-state index in [9.17, 15) is 0 Å². The molecule has 0 aliphatic rings. The van der Waals surface area contributed by atoms with Crippen LogP contribution in [0, 0.1) is 0 Å². The smallest absolute Gasteiger partial charge is 0.123 e. The van der Waals surface area contributed by atoms with Crippen molar-refractivity contribution in [3.63, 3.8) is 0 Å². The number of rotatable bonds is 7. The Hall–Kier alpha value is -2.10. The molecule has 130 valence electrons. The van der Waals surface area contributed by atoms with Crippen molar-refractivity contribution in [2.75, 3.05) is 0 Å². The van der Waals surface area contributed by atoms with Gasteiger partial charge in [-0.2, -0.15) is 0 Å². The predicted octanol–water partition coefficient (Wildman–Crippen LogP) is 5.00. The van der Waals surface area contributed by atoms with E-state index in [1.54, 1.807) is 0 Å². The number of nitrogens with zero attached hydrogens (tertiary/aromatic N) is 3. The van der Waals surface area contributed by atoms with Crippen molar-refractivity contribution < 1.29 is 0 Å². The Balaban J connectivity index is 1.74. The van der Waals surface area contributed by atoms with Crippen LogP contribution in [0.15, 0.2) is 67.0 Å². The molecule has 0 unspecified atom stereocenters. The summed E-state index contributed by atoms with van der Waals surface area (Å²) in [5, 5.41) is 0.784. The fourth-order valence-electron chi connectivity index (χ4n) is 2.89. The fraction of sp³-hybridized carbons (Fsp3) is 0.286. The quantitative estimate of drug-likeness (QED) is 0.596. The first kappa shape index (κ1) is 17.7. The first-order valence-corrected chi connectivity index (χ1v) is 9.02. The highest BCUT2D eigenvalue weighted by Gasteiger charge is 2.14. The van der Waals surface area contributed by atoms with Crippen LogP contribution in [0.4, 0.5) is 0 Å². The van der Waals surface area contributed by atoms with Crippen LogP contribution in [0.25, 0.3) is 0 Å². The van der Waals surface area contributed by atoms with Crippen LogP contribution < -0.4 is 0 Å². The van der Waals surface area contributed by atoms with Gasteiger partial charge in [0.15, 0.2) is 0 Å².